The van der Waals surface area contributed by atoms with E-state index in [4.69, 9.17) is 0 Å². The van der Waals surface area contributed by atoms with Crippen LogP contribution >= 0.6 is 0 Å². The Morgan fingerprint density at radius 1 is 1.00 bits per heavy atom. The van der Waals surface area contributed by atoms with Crippen LogP contribution in [0.5, 0.6) is 0 Å². The maximum atomic E-state index is 15.1. The average molecular weight is 432 g/mol. The predicted octanol–water partition coefficient (Wildman–Crippen LogP) is 3.64. The third kappa shape index (κ3) is 3.82. The van der Waals surface area contributed by atoms with E-state index < -0.39 is 0 Å². The first-order chi connectivity index (χ1) is 15.7. The van der Waals surface area contributed by atoms with Crippen molar-refractivity contribution in [1.82, 2.24) is 24.8 Å². The van der Waals surface area contributed by atoms with Crippen molar-refractivity contribution >= 4 is 33.4 Å². The first-order valence-corrected chi connectivity index (χ1v) is 11.0. The zero-order valence-electron chi connectivity index (χ0n) is 18.3. The number of piperazine rings is 1. The van der Waals surface area contributed by atoms with Crippen LogP contribution < -0.4 is 10.2 Å². The zero-order chi connectivity index (χ0) is 22.1. The normalized spacial score (nSPS) is 14.9. The smallest absolute Gasteiger partial charge is 0.155 e. The second-order valence-corrected chi connectivity index (χ2v) is 8.06. The highest BCUT2D eigenvalue weighted by Gasteiger charge is 2.20. The summed E-state index contributed by atoms with van der Waals surface area (Å²) in [4.78, 5) is 22.4. The van der Waals surface area contributed by atoms with Gasteiger partial charge in [-0.3, -0.25) is 9.88 Å². The molecule has 7 nitrogen and oxygen atoms in total. The molecule has 0 amide bonds. The van der Waals surface area contributed by atoms with Gasteiger partial charge in [0.2, 0.25) is 0 Å². The summed E-state index contributed by atoms with van der Waals surface area (Å²) in [5.74, 6) is 0.527. The van der Waals surface area contributed by atoms with E-state index in [1.54, 1.807) is 12.4 Å². The summed E-state index contributed by atoms with van der Waals surface area (Å²) in [5, 5.41) is 4.15. The molecule has 1 aromatic carbocycles. The molecule has 3 aromatic heterocycles. The first-order valence-electron chi connectivity index (χ1n) is 11.0. The number of aromatic nitrogens is 4. The van der Waals surface area contributed by atoms with Gasteiger partial charge in [0.15, 0.2) is 11.6 Å². The SMILES string of the molecule is CCc1cnc2c(F)c(CN3CCN(c4cnc5c(NC)nccc5c4)CC3)ccc2n1. The van der Waals surface area contributed by atoms with Crippen LogP contribution in [0.3, 0.4) is 0 Å². The number of benzene rings is 1. The van der Waals surface area contributed by atoms with Crippen LogP contribution in [0.4, 0.5) is 15.9 Å². The lowest BCUT2D eigenvalue weighted by Gasteiger charge is -2.36. The van der Waals surface area contributed by atoms with Gasteiger partial charge in [0.25, 0.3) is 0 Å². The highest BCUT2D eigenvalue weighted by atomic mass is 19.1. The molecule has 0 atom stereocenters. The fourth-order valence-electron chi connectivity index (χ4n) is 4.23. The number of pyridine rings is 2. The molecule has 5 rings (SSSR count). The number of hydrogen-bond donors (Lipinski definition) is 1. The van der Waals surface area contributed by atoms with Crippen LogP contribution in [-0.2, 0) is 13.0 Å². The number of halogens is 1. The molecule has 1 aliphatic heterocycles. The molecule has 8 heteroatoms. The number of aryl methyl sites for hydroxylation is 1. The fourth-order valence-corrected chi connectivity index (χ4v) is 4.23. The molecular formula is C24H26FN7. The minimum atomic E-state index is -0.257. The molecule has 0 unspecified atom stereocenters. The van der Waals surface area contributed by atoms with Crippen molar-refractivity contribution in [3.05, 3.63) is 59.9 Å². The molecule has 1 N–H and O–H groups in total. The average Bonchev–Trinajstić information content (AvgIpc) is 2.85. The van der Waals surface area contributed by atoms with E-state index in [0.717, 1.165) is 60.7 Å². The van der Waals surface area contributed by atoms with Gasteiger partial charge in [0.1, 0.15) is 11.0 Å². The van der Waals surface area contributed by atoms with Crippen LogP contribution in [0.1, 0.15) is 18.2 Å². The van der Waals surface area contributed by atoms with E-state index in [1.807, 2.05) is 38.4 Å². The molecule has 1 aliphatic rings. The minimum Gasteiger partial charge on any atom is -0.371 e. The largest absolute Gasteiger partial charge is 0.371 e. The van der Waals surface area contributed by atoms with Gasteiger partial charge in [-0.2, -0.15) is 0 Å². The molecule has 0 saturated carbocycles. The van der Waals surface area contributed by atoms with E-state index in [1.165, 1.54) is 0 Å². The Balaban J connectivity index is 1.28. The molecule has 4 heterocycles. The zero-order valence-corrected chi connectivity index (χ0v) is 18.3. The number of hydrogen-bond acceptors (Lipinski definition) is 7. The first kappa shape index (κ1) is 20.5. The Morgan fingerprint density at radius 2 is 1.81 bits per heavy atom. The highest BCUT2D eigenvalue weighted by Crippen LogP contribution is 2.25. The quantitative estimate of drug-likeness (QED) is 0.517. The molecule has 1 fully saturated rings. The van der Waals surface area contributed by atoms with Crippen molar-refractivity contribution in [1.29, 1.82) is 0 Å². The lowest BCUT2D eigenvalue weighted by atomic mass is 10.1. The summed E-state index contributed by atoms with van der Waals surface area (Å²) in [7, 11) is 1.85. The Labute approximate surface area is 186 Å². The molecule has 0 bridgehead atoms. The van der Waals surface area contributed by atoms with Gasteiger partial charge in [-0.05, 0) is 24.6 Å². The molecule has 4 aromatic rings. The van der Waals surface area contributed by atoms with Crippen LogP contribution in [0.15, 0.2) is 42.9 Å². The summed E-state index contributed by atoms with van der Waals surface area (Å²) in [5.41, 5.74) is 4.50. The summed E-state index contributed by atoms with van der Waals surface area (Å²) >= 11 is 0. The predicted molar refractivity (Wildman–Crippen MR) is 125 cm³/mol. The van der Waals surface area contributed by atoms with Crippen molar-refractivity contribution in [2.24, 2.45) is 0 Å². The van der Waals surface area contributed by atoms with Crippen molar-refractivity contribution in [2.45, 2.75) is 19.9 Å². The van der Waals surface area contributed by atoms with Crippen LogP contribution in [-0.4, -0.2) is 58.1 Å². The Morgan fingerprint density at radius 3 is 2.59 bits per heavy atom. The van der Waals surface area contributed by atoms with Crippen molar-refractivity contribution in [3.63, 3.8) is 0 Å². The van der Waals surface area contributed by atoms with Crippen LogP contribution in [0.25, 0.3) is 21.9 Å². The van der Waals surface area contributed by atoms with Crippen LogP contribution in [0.2, 0.25) is 0 Å². The van der Waals surface area contributed by atoms with Crippen molar-refractivity contribution in [2.75, 3.05) is 43.4 Å². The van der Waals surface area contributed by atoms with E-state index in [9.17, 15) is 0 Å². The number of anilines is 2. The minimum absolute atomic E-state index is 0.257. The van der Waals surface area contributed by atoms with Gasteiger partial charge in [-0.25, -0.2) is 19.3 Å². The third-order valence-corrected chi connectivity index (χ3v) is 6.10. The van der Waals surface area contributed by atoms with E-state index in [-0.39, 0.29) is 5.82 Å². The van der Waals surface area contributed by atoms with Crippen molar-refractivity contribution < 1.29 is 4.39 Å². The maximum absolute atomic E-state index is 15.1. The Kier molecular flexibility index (Phi) is 5.53. The fraction of sp³-hybridized carbons (Fsp3) is 0.333. The van der Waals surface area contributed by atoms with Gasteiger partial charge in [-0.1, -0.05) is 13.0 Å². The molecule has 0 aliphatic carbocycles. The number of fused-ring (bicyclic) bond motifs is 2. The molecule has 32 heavy (non-hydrogen) atoms. The second-order valence-electron chi connectivity index (χ2n) is 8.06. The number of rotatable bonds is 5. The number of nitrogens with zero attached hydrogens (tertiary/aromatic N) is 6. The van der Waals surface area contributed by atoms with Gasteiger partial charge in [0, 0.05) is 63.1 Å². The summed E-state index contributed by atoms with van der Waals surface area (Å²) in [6.07, 6.45) is 6.16. The van der Waals surface area contributed by atoms with E-state index >= 15 is 4.39 Å². The molecule has 0 spiro atoms. The number of nitrogens with one attached hydrogen (secondary N) is 1. The highest BCUT2D eigenvalue weighted by molar-refractivity contribution is 5.89. The van der Waals surface area contributed by atoms with Crippen LogP contribution in [0, 0.1) is 5.82 Å². The van der Waals surface area contributed by atoms with Gasteiger partial charge in [0.05, 0.1) is 23.1 Å². The maximum Gasteiger partial charge on any atom is 0.155 e. The van der Waals surface area contributed by atoms with Gasteiger partial charge < -0.3 is 10.2 Å². The lowest BCUT2D eigenvalue weighted by Crippen LogP contribution is -2.46. The monoisotopic (exact) mass is 431 g/mol. The Bertz CT molecular complexity index is 1270. The van der Waals surface area contributed by atoms with Gasteiger partial charge >= 0.3 is 0 Å². The topological polar surface area (TPSA) is 70.1 Å². The summed E-state index contributed by atoms with van der Waals surface area (Å²) < 4.78 is 15.1. The van der Waals surface area contributed by atoms with E-state index in [2.05, 4.69) is 41.1 Å². The lowest BCUT2D eigenvalue weighted by molar-refractivity contribution is 0.247. The summed E-state index contributed by atoms with van der Waals surface area (Å²) in [6, 6.07) is 7.87. The summed E-state index contributed by atoms with van der Waals surface area (Å²) in [6.45, 7) is 6.03. The third-order valence-electron chi connectivity index (χ3n) is 6.10. The Hall–Kier alpha value is -3.39. The molecule has 1 saturated heterocycles. The second kappa shape index (κ2) is 8.63. The van der Waals surface area contributed by atoms with Crippen molar-refractivity contribution in [3.8, 4) is 0 Å². The molecule has 164 valence electrons. The molecule has 0 radical (unpaired) electrons. The standard InChI is InChI=1S/C24H26FN7/c1-3-18-13-28-23-20(30-18)5-4-17(21(23)25)15-31-8-10-32(11-9-31)19-12-16-6-7-27-24(26-2)22(16)29-14-19/h4-7,12-14H,3,8-11,15H2,1-2H3,(H,26,27). The van der Waals surface area contributed by atoms with E-state index in [0.29, 0.717) is 23.1 Å². The van der Waals surface area contributed by atoms with Gasteiger partial charge in [-0.15, -0.1) is 0 Å². The molecular weight excluding hydrogens is 405 g/mol.